The summed E-state index contributed by atoms with van der Waals surface area (Å²) in [5.74, 6) is -0.662. The summed E-state index contributed by atoms with van der Waals surface area (Å²) in [4.78, 5) is 13.3. The molecular weight excluding hydrogens is 330 g/mol. The molecule has 0 heterocycles. The first-order valence-electron chi connectivity index (χ1n) is 7.09. The number of hydrogen-bond donors (Lipinski definition) is 2. The number of carbonyl (C=O) groups is 1. The summed E-state index contributed by atoms with van der Waals surface area (Å²) < 4.78 is 27.0. The molecule has 0 fully saturated rings. The van der Waals surface area contributed by atoms with Gasteiger partial charge in [0.15, 0.2) is 0 Å². The predicted octanol–water partition coefficient (Wildman–Crippen LogP) is 1.70. The maximum Gasteiger partial charge on any atom is 0.274 e. The zero-order valence-corrected chi connectivity index (χ0v) is 14.4. The fourth-order valence-corrected chi connectivity index (χ4v) is 3.68. The number of anilines is 2. The molecule has 2 aromatic rings. The first kappa shape index (κ1) is 17.8. The third-order valence-corrected chi connectivity index (χ3v) is 5.41. The maximum absolute atomic E-state index is 12.9. The van der Waals surface area contributed by atoms with Gasteiger partial charge in [-0.1, -0.05) is 12.1 Å². The normalized spacial score (nSPS) is 11.0. The second-order valence-corrected chi connectivity index (χ2v) is 7.26. The number of sulfonamides is 1. The molecule has 0 saturated heterocycles. The predicted molar refractivity (Wildman–Crippen MR) is 92.1 cm³/mol. The Kier molecular flexibility index (Phi) is 5.10. The zero-order valence-electron chi connectivity index (χ0n) is 13.6. The largest absolute Gasteiger partial charge is 0.377 e. The molecule has 0 spiro atoms. The van der Waals surface area contributed by atoms with Crippen LogP contribution in [0.3, 0.4) is 0 Å². The molecule has 0 aliphatic rings. The summed E-state index contributed by atoms with van der Waals surface area (Å²) >= 11 is 0. The van der Waals surface area contributed by atoms with E-state index in [1.54, 1.807) is 43.3 Å². The molecule has 0 atom stereocenters. The molecule has 24 heavy (non-hydrogen) atoms. The van der Waals surface area contributed by atoms with Crippen molar-refractivity contribution in [1.29, 1.82) is 0 Å². The Morgan fingerprint density at radius 2 is 1.58 bits per heavy atom. The number of benzene rings is 2. The van der Waals surface area contributed by atoms with Crippen molar-refractivity contribution < 1.29 is 18.4 Å². The van der Waals surface area contributed by atoms with Crippen LogP contribution in [0.2, 0.25) is 0 Å². The lowest BCUT2D eigenvalue weighted by Crippen LogP contribution is -2.28. The minimum atomic E-state index is -3.76. The van der Waals surface area contributed by atoms with Gasteiger partial charge in [-0.2, -0.15) is 0 Å². The molecule has 0 aromatic heterocycles. The Labute approximate surface area is 141 Å². The number of hydroxylamine groups is 1. The molecule has 0 bridgehead atoms. The highest BCUT2D eigenvalue weighted by Crippen LogP contribution is 2.28. The van der Waals surface area contributed by atoms with E-state index >= 15 is 0 Å². The Balaban J connectivity index is 2.41. The van der Waals surface area contributed by atoms with Gasteiger partial charge in [-0.25, -0.2) is 13.9 Å². The molecular formula is C16H19N3O4S. The standard InChI is InChI=1S/C16H19N3O4S/c1-18(2)14-6-4-5-7-15(14)24(22,23)19(3)13-10-8-12(9-11-13)16(20)17-21/h4-11,21H,1-3H3,(H,17,20). The van der Waals surface area contributed by atoms with Gasteiger partial charge in [-0.05, 0) is 36.4 Å². The van der Waals surface area contributed by atoms with E-state index in [-0.39, 0.29) is 10.5 Å². The average Bonchev–Trinajstić information content (AvgIpc) is 2.60. The van der Waals surface area contributed by atoms with Crippen LogP contribution in [0.15, 0.2) is 53.4 Å². The lowest BCUT2D eigenvalue weighted by molar-refractivity contribution is 0.0706. The van der Waals surface area contributed by atoms with Gasteiger partial charge in [0, 0.05) is 26.7 Å². The zero-order chi connectivity index (χ0) is 17.9. The summed E-state index contributed by atoms with van der Waals surface area (Å²) in [6, 6.07) is 12.6. The Bertz CT molecular complexity index is 833. The molecule has 2 N–H and O–H groups in total. The van der Waals surface area contributed by atoms with Crippen molar-refractivity contribution >= 4 is 27.3 Å². The number of nitrogens with one attached hydrogen (secondary N) is 1. The molecule has 8 heteroatoms. The van der Waals surface area contributed by atoms with Crippen molar-refractivity contribution in [3.63, 3.8) is 0 Å². The van der Waals surface area contributed by atoms with Gasteiger partial charge in [0.2, 0.25) is 0 Å². The van der Waals surface area contributed by atoms with Gasteiger partial charge in [-0.3, -0.25) is 14.3 Å². The molecule has 2 aromatic carbocycles. The van der Waals surface area contributed by atoms with Crippen molar-refractivity contribution in [3.8, 4) is 0 Å². The molecule has 0 unspecified atom stereocenters. The number of carbonyl (C=O) groups excluding carboxylic acids is 1. The summed E-state index contributed by atoms with van der Waals surface area (Å²) in [6.45, 7) is 0. The van der Waals surface area contributed by atoms with Crippen LogP contribution in [0.4, 0.5) is 11.4 Å². The fourth-order valence-electron chi connectivity index (χ4n) is 2.22. The molecule has 0 radical (unpaired) electrons. The molecule has 0 aliphatic heterocycles. The first-order valence-corrected chi connectivity index (χ1v) is 8.53. The van der Waals surface area contributed by atoms with Crippen LogP contribution in [0, 0.1) is 0 Å². The van der Waals surface area contributed by atoms with E-state index in [2.05, 4.69) is 0 Å². The average molecular weight is 349 g/mol. The van der Waals surface area contributed by atoms with Crippen molar-refractivity contribution in [1.82, 2.24) is 5.48 Å². The van der Waals surface area contributed by atoms with Crippen molar-refractivity contribution in [2.75, 3.05) is 30.3 Å². The van der Waals surface area contributed by atoms with Crippen LogP contribution < -0.4 is 14.7 Å². The highest BCUT2D eigenvalue weighted by atomic mass is 32.2. The highest BCUT2D eigenvalue weighted by molar-refractivity contribution is 7.93. The van der Waals surface area contributed by atoms with E-state index in [0.29, 0.717) is 11.4 Å². The fraction of sp³-hybridized carbons (Fsp3) is 0.188. The van der Waals surface area contributed by atoms with Crippen LogP contribution in [-0.4, -0.2) is 40.7 Å². The third-order valence-electron chi connectivity index (χ3n) is 3.58. The molecule has 0 saturated carbocycles. The van der Waals surface area contributed by atoms with E-state index in [1.807, 2.05) is 0 Å². The van der Waals surface area contributed by atoms with Gasteiger partial charge >= 0.3 is 0 Å². The Hall–Kier alpha value is -2.58. The first-order chi connectivity index (χ1) is 11.3. The number of nitrogens with zero attached hydrogens (tertiary/aromatic N) is 2. The van der Waals surface area contributed by atoms with E-state index in [0.717, 1.165) is 4.31 Å². The van der Waals surface area contributed by atoms with E-state index in [4.69, 9.17) is 5.21 Å². The lowest BCUT2D eigenvalue weighted by atomic mass is 10.2. The molecule has 2 rings (SSSR count). The monoisotopic (exact) mass is 349 g/mol. The minimum Gasteiger partial charge on any atom is -0.377 e. The van der Waals surface area contributed by atoms with E-state index in [1.165, 1.54) is 36.8 Å². The lowest BCUT2D eigenvalue weighted by Gasteiger charge is -2.23. The van der Waals surface area contributed by atoms with Crippen LogP contribution in [-0.2, 0) is 10.0 Å². The van der Waals surface area contributed by atoms with Crippen molar-refractivity contribution in [2.45, 2.75) is 4.90 Å². The van der Waals surface area contributed by atoms with Crippen molar-refractivity contribution in [2.24, 2.45) is 0 Å². The van der Waals surface area contributed by atoms with Gasteiger partial charge in [0.1, 0.15) is 4.90 Å². The maximum atomic E-state index is 12.9. The summed E-state index contributed by atoms with van der Waals surface area (Å²) in [7, 11) is 1.23. The smallest absolute Gasteiger partial charge is 0.274 e. The molecule has 128 valence electrons. The van der Waals surface area contributed by atoms with Crippen LogP contribution in [0.1, 0.15) is 10.4 Å². The summed E-state index contributed by atoms with van der Waals surface area (Å²) in [6.07, 6.45) is 0. The van der Waals surface area contributed by atoms with E-state index < -0.39 is 15.9 Å². The molecule has 0 aliphatic carbocycles. The van der Waals surface area contributed by atoms with Crippen molar-refractivity contribution in [3.05, 3.63) is 54.1 Å². The number of hydrogen-bond acceptors (Lipinski definition) is 5. The second-order valence-electron chi connectivity index (χ2n) is 5.32. The topological polar surface area (TPSA) is 90.0 Å². The van der Waals surface area contributed by atoms with Gasteiger partial charge in [0.05, 0.1) is 11.4 Å². The van der Waals surface area contributed by atoms with E-state index in [9.17, 15) is 13.2 Å². The van der Waals surface area contributed by atoms with Gasteiger partial charge in [0.25, 0.3) is 15.9 Å². The van der Waals surface area contributed by atoms with Gasteiger partial charge in [-0.15, -0.1) is 0 Å². The van der Waals surface area contributed by atoms with Crippen LogP contribution in [0.5, 0.6) is 0 Å². The highest BCUT2D eigenvalue weighted by Gasteiger charge is 2.25. The summed E-state index contributed by atoms with van der Waals surface area (Å²) in [5.41, 5.74) is 2.74. The minimum absolute atomic E-state index is 0.190. The van der Waals surface area contributed by atoms with Crippen LogP contribution in [0.25, 0.3) is 0 Å². The Morgan fingerprint density at radius 3 is 2.12 bits per heavy atom. The number of rotatable bonds is 5. The second kappa shape index (κ2) is 6.90. The molecule has 1 amide bonds. The SMILES string of the molecule is CN(C)c1ccccc1S(=O)(=O)N(C)c1ccc(C(=O)NO)cc1. The number of para-hydroxylation sites is 1. The third kappa shape index (κ3) is 3.34. The van der Waals surface area contributed by atoms with Gasteiger partial charge < -0.3 is 4.90 Å². The Morgan fingerprint density at radius 1 is 1.00 bits per heavy atom. The van der Waals surface area contributed by atoms with Crippen LogP contribution >= 0.6 is 0 Å². The quantitative estimate of drug-likeness (QED) is 0.633. The molecule has 7 nitrogen and oxygen atoms in total. The summed E-state index contributed by atoms with van der Waals surface area (Å²) in [5, 5.41) is 8.62. The number of amides is 1.